The van der Waals surface area contributed by atoms with Crippen LogP contribution in [-0.2, 0) is 4.79 Å². The van der Waals surface area contributed by atoms with Crippen molar-refractivity contribution in [3.8, 4) is 0 Å². The van der Waals surface area contributed by atoms with Crippen molar-refractivity contribution in [2.75, 3.05) is 13.6 Å². The number of carbonyl (C=O) groups is 1. The predicted molar refractivity (Wildman–Crippen MR) is 78.1 cm³/mol. The van der Waals surface area contributed by atoms with E-state index in [1.165, 1.54) is 0 Å². The smallest absolute Gasteiger partial charge is 0.240 e. The van der Waals surface area contributed by atoms with Gasteiger partial charge in [-0.05, 0) is 32.2 Å². The van der Waals surface area contributed by atoms with Gasteiger partial charge in [-0.3, -0.25) is 4.79 Å². The third-order valence-corrected chi connectivity index (χ3v) is 4.50. The van der Waals surface area contributed by atoms with Gasteiger partial charge in [-0.15, -0.1) is 11.3 Å². The fraction of sp³-hybridized carbons (Fsp3) is 0.714. The summed E-state index contributed by atoms with van der Waals surface area (Å²) in [4.78, 5) is 19.1. The highest BCUT2D eigenvalue weighted by molar-refractivity contribution is 7.09. The van der Waals surface area contributed by atoms with Crippen LogP contribution in [0.1, 0.15) is 44.2 Å². The van der Waals surface area contributed by atoms with E-state index in [9.17, 15) is 4.79 Å². The molecule has 1 aromatic heterocycles. The maximum Gasteiger partial charge on any atom is 0.240 e. The molecule has 2 rings (SSSR count). The quantitative estimate of drug-likeness (QED) is 0.901. The minimum atomic E-state index is -0.0689. The number of likely N-dealkylation sites (N-methyl/N-ethyl adjacent to an activating group) is 1. The molecule has 1 amide bonds. The molecule has 2 heterocycles. The highest BCUT2D eigenvalue weighted by atomic mass is 32.1. The molecule has 0 radical (unpaired) electrons. The normalized spacial score (nSPS) is 21.1. The number of hydrogen-bond acceptors (Lipinski definition) is 4. The van der Waals surface area contributed by atoms with Crippen molar-refractivity contribution in [3.63, 3.8) is 0 Å². The lowest BCUT2D eigenvalue weighted by Gasteiger charge is -2.28. The van der Waals surface area contributed by atoms with Gasteiger partial charge in [0.05, 0.1) is 12.1 Å². The average Bonchev–Trinajstić information content (AvgIpc) is 3.03. The van der Waals surface area contributed by atoms with Gasteiger partial charge in [-0.2, -0.15) is 0 Å². The van der Waals surface area contributed by atoms with Crippen molar-refractivity contribution in [1.29, 1.82) is 0 Å². The Hall–Kier alpha value is -0.940. The monoisotopic (exact) mass is 281 g/mol. The van der Waals surface area contributed by atoms with Gasteiger partial charge in [0, 0.05) is 18.1 Å². The summed E-state index contributed by atoms with van der Waals surface area (Å²) in [5.41, 5.74) is 0. The van der Waals surface area contributed by atoms with Crippen LogP contribution in [0.2, 0.25) is 0 Å². The summed E-state index contributed by atoms with van der Waals surface area (Å²) in [5.74, 6) is 0.746. The molecule has 106 valence electrons. The third-order valence-electron chi connectivity index (χ3n) is 3.63. The van der Waals surface area contributed by atoms with Gasteiger partial charge in [-0.25, -0.2) is 4.98 Å². The van der Waals surface area contributed by atoms with Crippen molar-refractivity contribution < 1.29 is 4.79 Å². The molecule has 0 bridgehead atoms. The van der Waals surface area contributed by atoms with Gasteiger partial charge in [0.2, 0.25) is 5.91 Å². The molecule has 1 fully saturated rings. The van der Waals surface area contributed by atoms with Crippen LogP contribution in [0, 0.1) is 5.92 Å². The van der Waals surface area contributed by atoms with Crippen LogP contribution in [-0.4, -0.2) is 35.4 Å². The van der Waals surface area contributed by atoms with Crippen LogP contribution in [0.15, 0.2) is 11.6 Å². The summed E-state index contributed by atoms with van der Waals surface area (Å²) < 4.78 is 0. The Morgan fingerprint density at radius 1 is 1.63 bits per heavy atom. The van der Waals surface area contributed by atoms with Crippen LogP contribution < -0.4 is 5.32 Å². The lowest BCUT2D eigenvalue weighted by atomic mass is 10.0. The third kappa shape index (κ3) is 3.34. The van der Waals surface area contributed by atoms with E-state index >= 15 is 0 Å². The van der Waals surface area contributed by atoms with E-state index < -0.39 is 0 Å². The number of hydrogen-bond donors (Lipinski definition) is 1. The summed E-state index contributed by atoms with van der Waals surface area (Å²) in [5, 5.41) is 6.23. The average molecular weight is 281 g/mol. The lowest BCUT2D eigenvalue weighted by molar-refractivity contribution is -0.134. The van der Waals surface area contributed by atoms with Crippen LogP contribution in [0.4, 0.5) is 0 Å². The second-order valence-electron chi connectivity index (χ2n) is 5.53. The van der Waals surface area contributed by atoms with E-state index in [4.69, 9.17) is 0 Å². The maximum absolute atomic E-state index is 12.7. The van der Waals surface area contributed by atoms with Gasteiger partial charge in [0.15, 0.2) is 0 Å². The molecule has 5 heteroatoms. The minimum Gasteiger partial charge on any atom is -0.332 e. The molecule has 0 unspecified atom stereocenters. The molecule has 0 spiro atoms. The number of nitrogens with one attached hydrogen (secondary N) is 1. The predicted octanol–water partition coefficient (Wildman–Crippen LogP) is 2.44. The Morgan fingerprint density at radius 2 is 2.42 bits per heavy atom. The Morgan fingerprint density at radius 3 is 3.00 bits per heavy atom. The Bertz CT molecular complexity index is 405. The molecular formula is C14H23N3OS. The first-order valence-corrected chi connectivity index (χ1v) is 7.88. The molecule has 0 aliphatic carbocycles. The summed E-state index contributed by atoms with van der Waals surface area (Å²) in [6, 6.07) is 0.121. The van der Waals surface area contributed by atoms with E-state index in [0.717, 1.165) is 30.8 Å². The van der Waals surface area contributed by atoms with E-state index in [2.05, 4.69) is 24.1 Å². The van der Waals surface area contributed by atoms with Crippen molar-refractivity contribution in [2.24, 2.45) is 5.92 Å². The fourth-order valence-corrected chi connectivity index (χ4v) is 3.49. The number of aromatic nitrogens is 1. The van der Waals surface area contributed by atoms with Crippen LogP contribution in [0.25, 0.3) is 0 Å². The number of amides is 1. The van der Waals surface area contributed by atoms with Gasteiger partial charge in [0.1, 0.15) is 5.01 Å². The minimum absolute atomic E-state index is 0.0689. The van der Waals surface area contributed by atoms with Gasteiger partial charge >= 0.3 is 0 Å². The van der Waals surface area contributed by atoms with E-state index in [0.29, 0.717) is 5.92 Å². The molecule has 2 atom stereocenters. The molecule has 4 nitrogen and oxygen atoms in total. The number of thiazole rings is 1. The van der Waals surface area contributed by atoms with Crippen molar-refractivity contribution in [2.45, 2.75) is 45.2 Å². The van der Waals surface area contributed by atoms with Gasteiger partial charge in [-0.1, -0.05) is 13.8 Å². The van der Waals surface area contributed by atoms with E-state index in [1.54, 1.807) is 11.3 Å². The Balaban J connectivity index is 2.08. The Kier molecular flexibility index (Phi) is 4.93. The second kappa shape index (κ2) is 6.48. The zero-order valence-corrected chi connectivity index (χ0v) is 12.7. The van der Waals surface area contributed by atoms with Crippen molar-refractivity contribution >= 4 is 17.2 Å². The van der Waals surface area contributed by atoms with E-state index in [-0.39, 0.29) is 18.0 Å². The van der Waals surface area contributed by atoms with Gasteiger partial charge in [0.25, 0.3) is 0 Å². The molecule has 1 saturated heterocycles. The summed E-state index contributed by atoms with van der Waals surface area (Å²) in [7, 11) is 1.87. The van der Waals surface area contributed by atoms with Crippen LogP contribution in [0.5, 0.6) is 0 Å². The van der Waals surface area contributed by atoms with Crippen LogP contribution >= 0.6 is 11.3 Å². The summed E-state index contributed by atoms with van der Waals surface area (Å²) in [6.45, 7) is 5.17. The molecule has 1 N–H and O–H groups in total. The largest absolute Gasteiger partial charge is 0.332 e. The topological polar surface area (TPSA) is 45.2 Å². The van der Waals surface area contributed by atoms with Crippen molar-refractivity contribution in [3.05, 3.63) is 16.6 Å². The summed E-state index contributed by atoms with van der Waals surface area (Å²) in [6.07, 6.45) is 4.83. The number of rotatable bonds is 5. The molecule has 0 saturated carbocycles. The van der Waals surface area contributed by atoms with Crippen LogP contribution in [0.3, 0.4) is 0 Å². The Labute approximate surface area is 119 Å². The zero-order valence-electron chi connectivity index (χ0n) is 11.9. The van der Waals surface area contributed by atoms with E-state index in [1.807, 2.05) is 23.5 Å². The highest BCUT2D eigenvalue weighted by Crippen LogP contribution is 2.33. The number of nitrogens with zero attached hydrogens (tertiary/aromatic N) is 2. The van der Waals surface area contributed by atoms with Gasteiger partial charge < -0.3 is 10.2 Å². The SMILES string of the molecule is CN[C@H](CC(C)C)C(=O)N1CCC[C@H]1c1nccs1. The molecule has 19 heavy (non-hydrogen) atoms. The maximum atomic E-state index is 12.7. The molecule has 1 aromatic rings. The van der Waals surface area contributed by atoms with Crippen molar-refractivity contribution in [1.82, 2.24) is 15.2 Å². The number of likely N-dealkylation sites (tertiary alicyclic amines) is 1. The first kappa shape index (κ1) is 14.5. The zero-order chi connectivity index (χ0) is 13.8. The first-order valence-electron chi connectivity index (χ1n) is 7.00. The molecule has 1 aliphatic rings. The highest BCUT2D eigenvalue weighted by Gasteiger charge is 2.34. The second-order valence-corrected chi connectivity index (χ2v) is 6.46. The summed E-state index contributed by atoms with van der Waals surface area (Å²) >= 11 is 1.65. The molecule has 1 aliphatic heterocycles. The molecular weight excluding hydrogens is 258 g/mol. The standard InChI is InChI=1S/C14H23N3OS/c1-10(2)9-11(15-3)14(18)17-7-4-5-12(17)13-16-6-8-19-13/h6,8,10-12,15H,4-5,7,9H2,1-3H3/t11-,12+/m1/s1. The molecule has 0 aromatic carbocycles. The number of carbonyl (C=O) groups excluding carboxylic acids is 1. The fourth-order valence-electron chi connectivity index (χ4n) is 2.70. The lowest BCUT2D eigenvalue weighted by Crippen LogP contribution is -2.45. The first-order chi connectivity index (χ1) is 9.13.